The molecule has 176 valence electrons. The fourth-order valence-corrected chi connectivity index (χ4v) is 4.69. The molecule has 0 saturated carbocycles. The number of hydrogen-bond donors (Lipinski definition) is 3. The Morgan fingerprint density at radius 3 is 2.82 bits per heavy atom. The molecule has 3 N–H and O–H groups in total. The second-order valence-electron chi connectivity index (χ2n) is 8.39. The molecule has 1 aliphatic heterocycles. The van der Waals surface area contributed by atoms with Gasteiger partial charge in [-0.25, -0.2) is 15.0 Å². The number of pyridine rings is 1. The molecule has 1 aliphatic rings. The summed E-state index contributed by atoms with van der Waals surface area (Å²) in [6, 6.07) is 1.91. The number of piperidine rings is 1. The Balaban J connectivity index is 1.45. The minimum atomic E-state index is 0.179. The van der Waals surface area contributed by atoms with E-state index in [1.54, 1.807) is 17.5 Å². The second-order valence-corrected chi connectivity index (χ2v) is 9.33. The number of rotatable bonds is 10. The van der Waals surface area contributed by atoms with E-state index in [0.29, 0.717) is 30.4 Å². The number of aryl methyl sites for hydroxylation is 2. The zero-order chi connectivity index (χ0) is 23.8. The van der Waals surface area contributed by atoms with Crippen molar-refractivity contribution in [2.45, 2.75) is 39.0 Å². The van der Waals surface area contributed by atoms with Crippen LogP contribution < -0.4 is 16.0 Å². The number of nitrogens with one attached hydrogen (secondary N) is 3. The fraction of sp³-hybridized carbons (Fsp3) is 0.417. The number of Topliss-reactive ketones (excluding diaryl/α,β-unsaturated/α-hetero) is 1. The maximum atomic E-state index is 12.8. The Labute approximate surface area is 203 Å². The summed E-state index contributed by atoms with van der Waals surface area (Å²) < 4.78 is 0. The lowest BCUT2D eigenvalue weighted by Gasteiger charge is -2.24. The third-order valence-corrected chi connectivity index (χ3v) is 6.83. The molecule has 1 saturated heterocycles. The molecule has 0 aliphatic carbocycles. The average molecular weight is 477 g/mol. The maximum Gasteiger partial charge on any atom is 0.288 e. The number of anilines is 3. The molecule has 4 heterocycles. The molecule has 3 aromatic rings. The van der Waals surface area contributed by atoms with Crippen LogP contribution in [0.15, 0.2) is 30.2 Å². The first-order valence-corrected chi connectivity index (χ1v) is 12.3. The van der Waals surface area contributed by atoms with Gasteiger partial charge in [-0.15, -0.1) is 16.3 Å². The lowest BCUT2D eigenvalue weighted by Crippen LogP contribution is -2.33. The third kappa shape index (κ3) is 6.56. The SMILES string of the molecule is [C-]#[N+]c1cnc(Nc2cc(NCC3CCCNC3)c(CC(=O)CCc3scnc3C)cn2)cn1. The molecular formula is C24H28N8OS. The summed E-state index contributed by atoms with van der Waals surface area (Å²) in [7, 11) is 0. The highest BCUT2D eigenvalue weighted by Gasteiger charge is 2.16. The van der Waals surface area contributed by atoms with E-state index in [4.69, 9.17) is 6.57 Å². The van der Waals surface area contributed by atoms with Gasteiger partial charge < -0.3 is 20.8 Å². The van der Waals surface area contributed by atoms with Crippen LogP contribution in [-0.4, -0.2) is 45.4 Å². The number of nitrogens with zero attached hydrogens (tertiary/aromatic N) is 5. The van der Waals surface area contributed by atoms with Crippen LogP contribution in [0, 0.1) is 19.4 Å². The Morgan fingerprint density at radius 1 is 1.24 bits per heavy atom. The van der Waals surface area contributed by atoms with Gasteiger partial charge in [0.15, 0.2) is 12.0 Å². The monoisotopic (exact) mass is 476 g/mol. The third-order valence-electron chi connectivity index (χ3n) is 5.84. The van der Waals surface area contributed by atoms with Gasteiger partial charge in [-0.1, -0.05) is 6.57 Å². The van der Waals surface area contributed by atoms with Crippen molar-refractivity contribution >= 4 is 40.3 Å². The minimum Gasteiger partial charge on any atom is -0.384 e. The molecule has 1 unspecified atom stereocenters. The van der Waals surface area contributed by atoms with Gasteiger partial charge in [0.05, 0.1) is 17.4 Å². The van der Waals surface area contributed by atoms with E-state index in [-0.39, 0.29) is 11.6 Å². The summed E-state index contributed by atoms with van der Waals surface area (Å²) in [5.74, 6) is 2.07. The van der Waals surface area contributed by atoms with E-state index in [9.17, 15) is 4.79 Å². The van der Waals surface area contributed by atoms with Crippen molar-refractivity contribution in [2.75, 3.05) is 30.3 Å². The highest BCUT2D eigenvalue weighted by molar-refractivity contribution is 7.09. The van der Waals surface area contributed by atoms with Gasteiger partial charge >= 0.3 is 0 Å². The van der Waals surface area contributed by atoms with Crippen molar-refractivity contribution in [3.63, 3.8) is 0 Å². The number of aromatic nitrogens is 4. The number of carbonyl (C=O) groups is 1. The van der Waals surface area contributed by atoms with Gasteiger partial charge in [-0.05, 0) is 45.2 Å². The molecule has 0 spiro atoms. The zero-order valence-corrected chi connectivity index (χ0v) is 20.0. The number of carbonyl (C=O) groups excluding carboxylic acids is 1. The van der Waals surface area contributed by atoms with Crippen LogP contribution in [0.1, 0.15) is 35.4 Å². The van der Waals surface area contributed by atoms with Gasteiger partial charge in [0, 0.05) is 47.8 Å². The summed E-state index contributed by atoms with van der Waals surface area (Å²) in [6.07, 6.45) is 8.57. The maximum absolute atomic E-state index is 12.8. The van der Waals surface area contributed by atoms with Crippen molar-refractivity contribution in [1.82, 2.24) is 25.3 Å². The molecule has 3 aromatic heterocycles. The van der Waals surface area contributed by atoms with E-state index in [1.807, 2.05) is 18.5 Å². The predicted molar refractivity (Wildman–Crippen MR) is 134 cm³/mol. The van der Waals surface area contributed by atoms with Crippen molar-refractivity contribution in [3.8, 4) is 0 Å². The molecule has 1 atom stereocenters. The molecule has 4 rings (SSSR count). The first-order chi connectivity index (χ1) is 16.6. The van der Waals surface area contributed by atoms with Gasteiger partial charge in [0.2, 0.25) is 0 Å². The first kappa shape index (κ1) is 23.7. The van der Waals surface area contributed by atoms with E-state index in [2.05, 4.69) is 40.7 Å². The van der Waals surface area contributed by atoms with Crippen molar-refractivity contribution in [2.24, 2.45) is 5.92 Å². The highest BCUT2D eigenvalue weighted by atomic mass is 32.1. The minimum absolute atomic E-state index is 0.179. The van der Waals surface area contributed by atoms with E-state index >= 15 is 0 Å². The molecule has 0 amide bonds. The number of hydrogen-bond acceptors (Lipinski definition) is 9. The van der Waals surface area contributed by atoms with Crippen molar-refractivity contribution in [3.05, 3.63) is 57.7 Å². The molecule has 10 heteroatoms. The first-order valence-electron chi connectivity index (χ1n) is 11.4. The number of thiazole rings is 1. The lowest BCUT2D eigenvalue weighted by molar-refractivity contribution is -0.118. The van der Waals surface area contributed by atoms with E-state index in [1.165, 1.54) is 30.1 Å². The molecule has 1 fully saturated rings. The van der Waals surface area contributed by atoms with Gasteiger partial charge in [0.1, 0.15) is 11.6 Å². The van der Waals surface area contributed by atoms with Crippen LogP contribution in [0.3, 0.4) is 0 Å². The molecular weight excluding hydrogens is 448 g/mol. The van der Waals surface area contributed by atoms with Crippen LogP contribution in [0.4, 0.5) is 23.1 Å². The molecule has 0 aromatic carbocycles. The molecule has 9 nitrogen and oxygen atoms in total. The normalized spacial score (nSPS) is 15.5. The van der Waals surface area contributed by atoms with Crippen LogP contribution >= 0.6 is 11.3 Å². The summed E-state index contributed by atoms with van der Waals surface area (Å²) >= 11 is 1.60. The van der Waals surface area contributed by atoms with Crippen LogP contribution in [0.2, 0.25) is 0 Å². The summed E-state index contributed by atoms with van der Waals surface area (Å²) in [5, 5.41) is 10.1. The Kier molecular flexibility index (Phi) is 8.12. The predicted octanol–water partition coefficient (Wildman–Crippen LogP) is 4.09. The van der Waals surface area contributed by atoms with Crippen molar-refractivity contribution < 1.29 is 4.79 Å². The highest BCUT2D eigenvalue weighted by Crippen LogP contribution is 2.24. The van der Waals surface area contributed by atoms with Gasteiger partial charge in [0.25, 0.3) is 5.82 Å². The Hall–Kier alpha value is -3.42. The number of ketones is 1. The van der Waals surface area contributed by atoms with Crippen LogP contribution in [0.25, 0.3) is 4.85 Å². The smallest absolute Gasteiger partial charge is 0.288 e. The Morgan fingerprint density at radius 2 is 2.12 bits per heavy atom. The molecule has 0 bridgehead atoms. The quantitative estimate of drug-likeness (QED) is 0.376. The second kappa shape index (κ2) is 11.6. The summed E-state index contributed by atoms with van der Waals surface area (Å²) in [4.78, 5) is 34.2. The standard InChI is InChI=1S/C24H28N8OS/c1-16-21(34-15-31-16)6-5-19(33)8-18-12-28-22(32-24-14-29-23(25-2)13-30-24)9-20(18)27-11-17-4-3-7-26-10-17/h9,12-15,17,26H,3-8,10-11H2,1H3,(H2,27,28,30,32). The summed E-state index contributed by atoms with van der Waals surface area (Å²) in [6.45, 7) is 11.9. The van der Waals surface area contributed by atoms with Gasteiger partial charge in [-0.3, -0.25) is 4.79 Å². The van der Waals surface area contributed by atoms with E-state index < -0.39 is 0 Å². The van der Waals surface area contributed by atoms with Gasteiger partial charge in [-0.2, -0.15) is 0 Å². The largest absolute Gasteiger partial charge is 0.384 e. The summed E-state index contributed by atoms with van der Waals surface area (Å²) in [5.41, 5.74) is 4.61. The van der Waals surface area contributed by atoms with Crippen LogP contribution in [0.5, 0.6) is 0 Å². The lowest BCUT2D eigenvalue weighted by atomic mass is 9.99. The molecule has 34 heavy (non-hydrogen) atoms. The van der Waals surface area contributed by atoms with Crippen molar-refractivity contribution in [1.29, 1.82) is 0 Å². The van der Waals surface area contributed by atoms with E-state index in [0.717, 1.165) is 43.0 Å². The topological polar surface area (TPSA) is 109 Å². The zero-order valence-electron chi connectivity index (χ0n) is 19.2. The average Bonchev–Trinajstić information content (AvgIpc) is 3.28. The fourth-order valence-electron chi connectivity index (χ4n) is 3.90. The van der Waals surface area contributed by atoms with Crippen LogP contribution in [-0.2, 0) is 17.6 Å². The molecule has 0 radical (unpaired) electrons. The Bertz CT molecular complexity index is 1150.